The van der Waals surface area contributed by atoms with Crippen molar-refractivity contribution in [2.24, 2.45) is 0 Å². The van der Waals surface area contributed by atoms with Gasteiger partial charge in [-0.1, -0.05) is 26.0 Å². The lowest BCUT2D eigenvalue weighted by Crippen LogP contribution is -2.21. The van der Waals surface area contributed by atoms with E-state index in [1.165, 1.54) is 5.56 Å². The summed E-state index contributed by atoms with van der Waals surface area (Å²) in [6.45, 7) is 7.75. The number of nitrogens with one attached hydrogen (secondary N) is 1. The first-order valence-electron chi connectivity index (χ1n) is 6.09. The minimum absolute atomic E-state index is 0.122. The zero-order valence-electron chi connectivity index (χ0n) is 11.2. The average molecular weight is 237 g/mol. The van der Waals surface area contributed by atoms with Crippen LogP contribution in [0.1, 0.15) is 26.3 Å². The van der Waals surface area contributed by atoms with Crippen LogP contribution in [0.15, 0.2) is 24.3 Å². The monoisotopic (exact) mass is 237 g/mol. The van der Waals surface area contributed by atoms with Crippen LogP contribution in [-0.4, -0.2) is 25.9 Å². The van der Waals surface area contributed by atoms with Crippen molar-refractivity contribution in [3.63, 3.8) is 0 Å². The Hall–Kier alpha value is -1.06. The van der Waals surface area contributed by atoms with E-state index in [4.69, 9.17) is 9.47 Å². The highest BCUT2D eigenvalue weighted by molar-refractivity contribution is 5.27. The van der Waals surface area contributed by atoms with Gasteiger partial charge in [-0.15, -0.1) is 0 Å². The Morgan fingerprint density at radius 2 is 1.76 bits per heavy atom. The van der Waals surface area contributed by atoms with E-state index in [-0.39, 0.29) is 6.10 Å². The van der Waals surface area contributed by atoms with E-state index in [0.717, 1.165) is 12.3 Å². The standard InChI is InChI=1S/C14H23NO2/c1-11(2)15-9-13-5-7-14(8-6-13)17-10-12(3)16-4/h5-8,11-12,15H,9-10H2,1-4H3. The lowest BCUT2D eigenvalue weighted by atomic mass is 10.2. The molecule has 96 valence electrons. The van der Waals surface area contributed by atoms with E-state index >= 15 is 0 Å². The van der Waals surface area contributed by atoms with Crippen LogP contribution in [0, 0.1) is 0 Å². The molecule has 0 amide bonds. The maximum Gasteiger partial charge on any atom is 0.119 e. The molecule has 0 spiro atoms. The van der Waals surface area contributed by atoms with E-state index in [0.29, 0.717) is 12.6 Å². The van der Waals surface area contributed by atoms with E-state index in [2.05, 4.69) is 31.3 Å². The molecule has 0 fully saturated rings. The van der Waals surface area contributed by atoms with Crippen molar-refractivity contribution in [1.82, 2.24) is 5.32 Å². The van der Waals surface area contributed by atoms with E-state index in [9.17, 15) is 0 Å². The molecular formula is C14H23NO2. The summed E-state index contributed by atoms with van der Waals surface area (Å²) in [6.07, 6.45) is 0.122. The van der Waals surface area contributed by atoms with Crippen LogP contribution >= 0.6 is 0 Å². The Labute approximate surface area is 104 Å². The summed E-state index contributed by atoms with van der Waals surface area (Å²) in [5.74, 6) is 0.891. The molecule has 17 heavy (non-hydrogen) atoms. The summed E-state index contributed by atoms with van der Waals surface area (Å²) in [7, 11) is 1.69. The third-order valence-corrected chi connectivity index (χ3v) is 2.52. The molecule has 0 saturated carbocycles. The third-order valence-electron chi connectivity index (χ3n) is 2.52. The number of rotatable bonds is 7. The maximum atomic E-state index is 5.59. The number of hydrogen-bond donors (Lipinski definition) is 1. The van der Waals surface area contributed by atoms with Gasteiger partial charge in [0.05, 0.1) is 6.10 Å². The van der Waals surface area contributed by atoms with Crippen LogP contribution in [0.2, 0.25) is 0 Å². The van der Waals surface area contributed by atoms with Gasteiger partial charge in [-0.25, -0.2) is 0 Å². The summed E-state index contributed by atoms with van der Waals surface area (Å²) in [6, 6.07) is 8.68. The third kappa shape index (κ3) is 5.71. The molecule has 0 aliphatic carbocycles. The number of benzene rings is 1. The largest absolute Gasteiger partial charge is 0.491 e. The Kier molecular flexibility index (Phi) is 6.01. The zero-order chi connectivity index (χ0) is 12.7. The molecule has 0 heterocycles. The topological polar surface area (TPSA) is 30.5 Å². The van der Waals surface area contributed by atoms with Crippen molar-refractivity contribution in [2.45, 2.75) is 39.5 Å². The first-order chi connectivity index (χ1) is 8.11. The van der Waals surface area contributed by atoms with Crippen molar-refractivity contribution >= 4 is 0 Å². The highest BCUT2D eigenvalue weighted by atomic mass is 16.5. The SMILES string of the molecule is COC(C)COc1ccc(CNC(C)C)cc1. The second-order valence-corrected chi connectivity index (χ2v) is 4.54. The van der Waals surface area contributed by atoms with Gasteiger partial charge in [0.15, 0.2) is 0 Å². The number of ether oxygens (including phenoxy) is 2. The van der Waals surface area contributed by atoms with Crippen molar-refractivity contribution < 1.29 is 9.47 Å². The van der Waals surface area contributed by atoms with Gasteiger partial charge >= 0.3 is 0 Å². The van der Waals surface area contributed by atoms with Gasteiger partial charge in [0.25, 0.3) is 0 Å². The van der Waals surface area contributed by atoms with Crippen LogP contribution < -0.4 is 10.1 Å². The van der Waals surface area contributed by atoms with Gasteiger partial charge in [0.2, 0.25) is 0 Å². The van der Waals surface area contributed by atoms with Gasteiger partial charge in [-0.2, -0.15) is 0 Å². The van der Waals surface area contributed by atoms with Crippen LogP contribution in [0.3, 0.4) is 0 Å². The highest BCUT2D eigenvalue weighted by Crippen LogP contribution is 2.12. The summed E-state index contributed by atoms with van der Waals surface area (Å²) in [5.41, 5.74) is 1.27. The predicted molar refractivity (Wildman–Crippen MR) is 70.4 cm³/mol. The van der Waals surface area contributed by atoms with Gasteiger partial charge in [-0.05, 0) is 24.6 Å². The molecule has 0 bridgehead atoms. The fourth-order valence-corrected chi connectivity index (χ4v) is 1.31. The molecule has 1 unspecified atom stereocenters. The number of methoxy groups -OCH3 is 1. The molecule has 1 aromatic rings. The molecule has 3 heteroatoms. The second-order valence-electron chi connectivity index (χ2n) is 4.54. The quantitative estimate of drug-likeness (QED) is 0.790. The molecule has 1 atom stereocenters. The minimum Gasteiger partial charge on any atom is -0.491 e. The van der Waals surface area contributed by atoms with Crippen molar-refractivity contribution in [2.75, 3.05) is 13.7 Å². The maximum absolute atomic E-state index is 5.59. The highest BCUT2D eigenvalue weighted by Gasteiger charge is 2.01. The first-order valence-corrected chi connectivity index (χ1v) is 6.09. The zero-order valence-corrected chi connectivity index (χ0v) is 11.2. The molecular weight excluding hydrogens is 214 g/mol. The summed E-state index contributed by atoms with van der Waals surface area (Å²) in [4.78, 5) is 0. The van der Waals surface area contributed by atoms with Gasteiger partial charge < -0.3 is 14.8 Å². The molecule has 1 aromatic carbocycles. The summed E-state index contributed by atoms with van der Waals surface area (Å²) >= 11 is 0. The fraction of sp³-hybridized carbons (Fsp3) is 0.571. The summed E-state index contributed by atoms with van der Waals surface area (Å²) in [5, 5.41) is 3.38. The second kappa shape index (κ2) is 7.30. The van der Waals surface area contributed by atoms with E-state index < -0.39 is 0 Å². The molecule has 0 saturated heterocycles. The molecule has 0 aliphatic heterocycles. The van der Waals surface area contributed by atoms with Gasteiger partial charge in [0.1, 0.15) is 12.4 Å². The van der Waals surface area contributed by atoms with Crippen LogP contribution in [0.5, 0.6) is 5.75 Å². The van der Waals surface area contributed by atoms with Crippen LogP contribution in [-0.2, 0) is 11.3 Å². The van der Waals surface area contributed by atoms with Gasteiger partial charge in [0, 0.05) is 19.7 Å². The molecule has 0 aliphatic rings. The first kappa shape index (κ1) is 14.0. The lowest BCUT2D eigenvalue weighted by Gasteiger charge is -2.12. The molecule has 1 rings (SSSR count). The Morgan fingerprint density at radius 1 is 1.12 bits per heavy atom. The average Bonchev–Trinajstić information content (AvgIpc) is 2.34. The molecule has 3 nitrogen and oxygen atoms in total. The van der Waals surface area contributed by atoms with Crippen molar-refractivity contribution in [3.05, 3.63) is 29.8 Å². The normalized spacial score (nSPS) is 12.8. The smallest absolute Gasteiger partial charge is 0.119 e. The Bertz CT molecular complexity index is 309. The fourth-order valence-electron chi connectivity index (χ4n) is 1.31. The Morgan fingerprint density at radius 3 is 2.29 bits per heavy atom. The number of hydrogen-bond acceptors (Lipinski definition) is 3. The molecule has 0 aromatic heterocycles. The molecule has 1 N–H and O–H groups in total. The van der Waals surface area contributed by atoms with Gasteiger partial charge in [-0.3, -0.25) is 0 Å². The van der Waals surface area contributed by atoms with E-state index in [1.54, 1.807) is 7.11 Å². The van der Waals surface area contributed by atoms with Crippen molar-refractivity contribution in [3.8, 4) is 5.75 Å². The van der Waals surface area contributed by atoms with Crippen LogP contribution in [0.4, 0.5) is 0 Å². The van der Waals surface area contributed by atoms with Crippen molar-refractivity contribution in [1.29, 1.82) is 0 Å². The minimum atomic E-state index is 0.122. The lowest BCUT2D eigenvalue weighted by molar-refractivity contribution is 0.0716. The Balaban J connectivity index is 2.39. The predicted octanol–water partition coefficient (Wildman–Crippen LogP) is 2.60. The molecule has 0 radical (unpaired) electrons. The summed E-state index contributed by atoms with van der Waals surface area (Å²) < 4.78 is 10.7. The van der Waals surface area contributed by atoms with Crippen LogP contribution in [0.25, 0.3) is 0 Å². The van der Waals surface area contributed by atoms with E-state index in [1.807, 2.05) is 19.1 Å².